The molecule has 0 radical (unpaired) electrons. The Morgan fingerprint density at radius 1 is 1.12 bits per heavy atom. The van der Waals surface area contributed by atoms with Crippen LogP contribution in [0.15, 0.2) is 36.9 Å². The van der Waals surface area contributed by atoms with E-state index in [2.05, 4.69) is 25.4 Å². The van der Waals surface area contributed by atoms with Gasteiger partial charge < -0.3 is 5.32 Å². The van der Waals surface area contributed by atoms with Crippen molar-refractivity contribution in [3.05, 3.63) is 58.9 Å². The second kappa shape index (κ2) is 6.30. The van der Waals surface area contributed by atoms with Gasteiger partial charge in [-0.2, -0.15) is 5.10 Å². The normalized spacial score (nSPS) is 11.0. The zero-order chi connectivity index (χ0) is 18.3. The number of amides is 1. The van der Waals surface area contributed by atoms with E-state index in [1.54, 1.807) is 11.0 Å². The monoisotopic (exact) mass is 364 g/mol. The summed E-state index contributed by atoms with van der Waals surface area (Å²) in [7, 11) is 0. The Labute approximate surface area is 153 Å². The van der Waals surface area contributed by atoms with Gasteiger partial charge in [0, 0.05) is 16.8 Å². The van der Waals surface area contributed by atoms with Crippen molar-refractivity contribution in [2.45, 2.75) is 20.8 Å². The quantitative estimate of drug-likeness (QED) is 0.602. The lowest BCUT2D eigenvalue weighted by Gasteiger charge is -2.06. The maximum absolute atomic E-state index is 12.7. The molecule has 0 fully saturated rings. The highest BCUT2D eigenvalue weighted by molar-refractivity contribution is 7.20. The van der Waals surface area contributed by atoms with Crippen molar-refractivity contribution in [3.8, 4) is 5.69 Å². The molecule has 4 rings (SSSR count). The second-order valence-electron chi connectivity index (χ2n) is 5.93. The Hall–Kier alpha value is -3.13. The van der Waals surface area contributed by atoms with Gasteiger partial charge >= 0.3 is 0 Å². The number of rotatable bonds is 3. The Bertz CT molecular complexity index is 1100. The van der Waals surface area contributed by atoms with Crippen LogP contribution >= 0.6 is 11.3 Å². The lowest BCUT2D eigenvalue weighted by Crippen LogP contribution is -2.11. The summed E-state index contributed by atoms with van der Waals surface area (Å²) in [4.78, 5) is 27.0. The molecule has 0 saturated carbocycles. The first kappa shape index (κ1) is 16.3. The molecular weight excluding hydrogens is 348 g/mol. The summed E-state index contributed by atoms with van der Waals surface area (Å²) in [6.07, 6.45) is 3.10. The summed E-state index contributed by atoms with van der Waals surface area (Å²) in [6, 6.07) is 7.43. The summed E-state index contributed by atoms with van der Waals surface area (Å²) < 4.78 is 1.66. The zero-order valence-corrected chi connectivity index (χ0v) is 15.3. The molecule has 0 aliphatic heterocycles. The number of thiophene rings is 1. The molecule has 0 aliphatic rings. The number of fused-ring (bicyclic) bond motifs is 1. The van der Waals surface area contributed by atoms with Crippen LogP contribution in [0.25, 0.3) is 15.9 Å². The predicted molar refractivity (Wildman–Crippen MR) is 101 cm³/mol. The SMILES string of the molecule is Cc1nc(C)c2c(C)c(C(=O)Nc3ccc(-n4cncn4)cc3)sc2n1. The topological polar surface area (TPSA) is 85.6 Å². The minimum Gasteiger partial charge on any atom is -0.321 e. The minimum atomic E-state index is -0.143. The van der Waals surface area contributed by atoms with E-state index in [0.717, 1.165) is 32.8 Å². The van der Waals surface area contributed by atoms with Gasteiger partial charge in [0.1, 0.15) is 23.3 Å². The van der Waals surface area contributed by atoms with E-state index >= 15 is 0 Å². The fourth-order valence-corrected chi connectivity index (χ4v) is 4.09. The molecule has 0 atom stereocenters. The van der Waals surface area contributed by atoms with E-state index in [4.69, 9.17) is 0 Å². The first-order chi connectivity index (χ1) is 12.5. The summed E-state index contributed by atoms with van der Waals surface area (Å²) in [6.45, 7) is 5.74. The van der Waals surface area contributed by atoms with Crippen LogP contribution in [-0.2, 0) is 0 Å². The van der Waals surface area contributed by atoms with Gasteiger partial charge in [0.05, 0.1) is 10.6 Å². The maximum atomic E-state index is 12.7. The van der Waals surface area contributed by atoms with Gasteiger partial charge in [-0.25, -0.2) is 19.6 Å². The van der Waals surface area contributed by atoms with Crippen LogP contribution in [0, 0.1) is 20.8 Å². The third-order valence-corrected chi connectivity index (χ3v) is 5.28. The van der Waals surface area contributed by atoms with Crippen LogP contribution in [-0.4, -0.2) is 30.6 Å². The molecular formula is C18H16N6OS. The molecule has 0 spiro atoms. The number of aryl methyl sites for hydroxylation is 3. The Morgan fingerprint density at radius 3 is 2.58 bits per heavy atom. The van der Waals surface area contributed by atoms with Crippen LogP contribution in [0.3, 0.4) is 0 Å². The largest absolute Gasteiger partial charge is 0.321 e. The number of aromatic nitrogens is 5. The van der Waals surface area contributed by atoms with Crippen LogP contribution < -0.4 is 5.32 Å². The van der Waals surface area contributed by atoms with Gasteiger partial charge in [-0.15, -0.1) is 11.3 Å². The van der Waals surface area contributed by atoms with E-state index in [0.29, 0.717) is 10.7 Å². The molecule has 0 unspecified atom stereocenters. The predicted octanol–water partition coefficient (Wildman–Crippen LogP) is 3.45. The molecule has 26 heavy (non-hydrogen) atoms. The molecule has 1 amide bonds. The Balaban J connectivity index is 1.61. The van der Waals surface area contributed by atoms with Crippen LogP contribution in [0.1, 0.15) is 26.8 Å². The van der Waals surface area contributed by atoms with Gasteiger partial charge in [-0.3, -0.25) is 4.79 Å². The molecule has 130 valence electrons. The number of nitrogens with one attached hydrogen (secondary N) is 1. The Morgan fingerprint density at radius 2 is 1.88 bits per heavy atom. The third kappa shape index (κ3) is 2.84. The standard InChI is InChI=1S/C18H16N6OS/c1-10-15-11(2)21-12(3)22-18(15)26-16(10)17(25)23-13-4-6-14(7-5-13)24-9-19-8-20-24/h4-9H,1-3H3,(H,23,25). The van der Waals surface area contributed by atoms with Crippen molar-refractivity contribution in [2.75, 3.05) is 5.32 Å². The number of nitrogens with zero attached hydrogens (tertiary/aromatic N) is 5. The molecule has 4 aromatic rings. The smallest absolute Gasteiger partial charge is 0.266 e. The summed E-state index contributed by atoms with van der Waals surface area (Å²) in [5.74, 6) is 0.572. The summed E-state index contributed by atoms with van der Waals surface area (Å²) in [5, 5.41) is 7.99. The Kier molecular flexibility index (Phi) is 3.96. The van der Waals surface area contributed by atoms with Gasteiger partial charge in [0.2, 0.25) is 0 Å². The number of hydrogen-bond donors (Lipinski definition) is 1. The summed E-state index contributed by atoms with van der Waals surface area (Å²) in [5.41, 5.74) is 3.41. The first-order valence-electron chi connectivity index (χ1n) is 8.03. The first-order valence-corrected chi connectivity index (χ1v) is 8.85. The fraction of sp³-hybridized carbons (Fsp3) is 0.167. The van der Waals surface area contributed by atoms with Gasteiger partial charge in [-0.1, -0.05) is 0 Å². The van der Waals surface area contributed by atoms with Crippen molar-refractivity contribution >= 4 is 33.1 Å². The zero-order valence-electron chi connectivity index (χ0n) is 14.5. The lowest BCUT2D eigenvalue weighted by molar-refractivity contribution is 0.103. The van der Waals surface area contributed by atoms with Crippen molar-refractivity contribution in [3.63, 3.8) is 0 Å². The molecule has 1 aromatic carbocycles. The van der Waals surface area contributed by atoms with Crippen molar-refractivity contribution < 1.29 is 4.79 Å². The summed E-state index contributed by atoms with van der Waals surface area (Å²) >= 11 is 1.40. The van der Waals surface area contributed by atoms with Gasteiger partial charge in [0.15, 0.2) is 0 Å². The van der Waals surface area contributed by atoms with E-state index < -0.39 is 0 Å². The minimum absolute atomic E-state index is 0.143. The van der Waals surface area contributed by atoms with E-state index in [-0.39, 0.29) is 5.91 Å². The third-order valence-electron chi connectivity index (χ3n) is 4.10. The van der Waals surface area contributed by atoms with Gasteiger partial charge in [-0.05, 0) is 50.6 Å². The van der Waals surface area contributed by atoms with Crippen LogP contribution in [0.5, 0.6) is 0 Å². The van der Waals surface area contributed by atoms with Gasteiger partial charge in [0.25, 0.3) is 5.91 Å². The fourth-order valence-electron chi connectivity index (χ4n) is 2.92. The van der Waals surface area contributed by atoms with Crippen LogP contribution in [0.2, 0.25) is 0 Å². The maximum Gasteiger partial charge on any atom is 0.266 e. The van der Waals surface area contributed by atoms with E-state index in [1.807, 2.05) is 45.0 Å². The van der Waals surface area contributed by atoms with Crippen molar-refractivity contribution in [2.24, 2.45) is 0 Å². The van der Waals surface area contributed by atoms with Crippen molar-refractivity contribution in [1.29, 1.82) is 0 Å². The highest BCUT2D eigenvalue weighted by Gasteiger charge is 2.18. The molecule has 3 heterocycles. The molecule has 7 nitrogen and oxygen atoms in total. The molecule has 0 bridgehead atoms. The second-order valence-corrected chi connectivity index (χ2v) is 6.93. The number of carbonyl (C=O) groups excluding carboxylic acids is 1. The highest BCUT2D eigenvalue weighted by atomic mass is 32.1. The average molecular weight is 364 g/mol. The number of anilines is 1. The molecule has 8 heteroatoms. The average Bonchev–Trinajstić information content (AvgIpc) is 3.24. The number of carbonyl (C=O) groups is 1. The highest BCUT2D eigenvalue weighted by Crippen LogP contribution is 2.31. The van der Waals surface area contributed by atoms with Crippen LogP contribution in [0.4, 0.5) is 5.69 Å². The molecule has 3 aromatic heterocycles. The van der Waals surface area contributed by atoms with E-state index in [9.17, 15) is 4.79 Å². The molecule has 0 saturated heterocycles. The van der Waals surface area contributed by atoms with Crippen molar-refractivity contribution in [1.82, 2.24) is 24.7 Å². The lowest BCUT2D eigenvalue weighted by atomic mass is 10.1. The number of benzene rings is 1. The van der Waals surface area contributed by atoms with E-state index in [1.165, 1.54) is 17.7 Å². The molecule has 0 aliphatic carbocycles. The molecule has 1 N–H and O–H groups in total. The number of hydrogen-bond acceptors (Lipinski definition) is 6.